The van der Waals surface area contributed by atoms with Gasteiger partial charge in [-0.15, -0.1) is 0 Å². The summed E-state index contributed by atoms with van der Waals surface area (Å²) in [6, 6.07) is 15.2. The van der Waals surface area contributed by atoms with Gasteiger partial charge in [0.25, 0.3) is 0 Å². The van der Waals surface area contributed by atoms with Gasteiger partial charge in [-0.3, -0.25) is 9.78 Å². The lowest BCUT2D eigenvalue weighted by Crippen LogP contribution is -2.06. The molecular formula is C18H14ClNO2. The quantitative estimate of drug-likeness (QED) is 0.775. The monoisotopic (exact) mass is 311 g/mol. The standard InChI is InChI=1S/C18H14ClNO2/c1-11-15(10-17(21)22)18(12-6-8-13(19)9-7-12)14-4-2-3-5-16(14)20-11/h2-9H,10H2,1H3,(H,21,22). The van der Waals surface area contributed by atoms with Gasteiger partial charge in [-0.05, 0) is 41.8 Å². The number of aromatic nitrogens is 1. The number of para-hydroxylation sites is 1. The minimum Gasteiger partial charge on any atom is -0.481 e. The SMILES string of the molecule is Cc1nc2ccccc2c(-c2ccc(Cl)cc2)c1CC(=O)O. The number of carboxylic acid groups (broad SMARTS) is 1. The third-order valence-electron chi connectivity index (χ3n) is 3.66. The zero-order valence-corrected chi connectivity index (χ0v) is 12.8. The number of nitrogens with zero attached hydrogens (tertiary/aromatic N) is 1. The molecule has 22 heavy (non-hydrogen) atoms. The molecule has 0 saturated heterocycles. The Hall–Kier alpha value is -2.39. The summed E-state index contributed by atoms with van der Waals surface area (Å²) >= 11 is 5.97. The highest BCUT2D eigenvalue weighted by Gasteiger charge is 2.16. The maximum atomic E-state index is 11.2. The fraction of sp³-hybridized carbons (Fsp3) is 0.111. The van der Waals surface area contributed by atoms with E-state index >= 15 is 0 Å². The molecule has 0 bridgehead atoms. The van der Waals surface area contributed by atoms with Gasteiger partial charge < -0.3 is 5.11 Å². The van der Waals surface area contributed by atoms with Gasteiger partial charge >= 0.3 is 5.97 Å². The molecular weight excluding hydrogens is 298 g/mol. The number of fused-ring (bicyclic) bond motifs is 1. The third-order valence-corrected chi connectivity index (χ3v) is 3.91. The molecule has 0 aliphatic carbocycles. The summed E-state index contributed by atoms with van der Waals surface area (Å²) in [6.07, 6.45) is -0.0539. The first-order valence-electron chi connectivity index (χ1n) is 6.92. The van der Waals surface area contributed by atoms with Gasteiger partial charge in [0, 0.05) is 16.1 Å². The van der Waals surface area contributed by atoms with E-state index in [9.17, 15) is 9.90 Å². The van der Waals surface area contributed by atoms with Crippen LogP contribution >= 0.6 is 11.6 Å². The number of halogens is 1. The van der Waals surface area contributed by atoms with Crippen molar-refractivity contribution in [1.82, 2.24) is 4.98 Å². The first-order valence-corrected chi connectivity index (χ1v) is 7.30. The average Bonchev–Trinajstić information content (AvgIpc) is 2.49. The lowest BCUT2D eigenvalue weighted by molar-refractivity contribution is -0.136. The van der Waals surface area contributed by atoms with Gasteiger partial charge in [0.05, 0.1) is 11.9 Å². The normalized spacial score (nSPS) is 10.8. The Morgan fingerprint density at radius 2 is 1.82 bits per heavy atom. The van der Waals surface area contributed by atoms with Crippen molar-refractivity contribution in [3.63, 3.8) is 0 Å². The summed E-state index contributed by atoms with van der Waals surface area (Å²) in [4.78, 5) is 15.8. The van der Waals surface area contributed by atoms with Crippen molar-refractivity contribution in [2.45, 2.75) is 13.3 Å². The molecule has 2 aromatic carbocycles. The van der Waals surface area contributed by atoms with E-state index in [2.05, 4.69) is 4.98 Å². The van der Waals surface area contributed by atoms with Crippen LogP contribution in [0.1, 0.15) is 11.3 Å². The van der Waals surface area contributed by atoms with Crippen LogP contribution in [0.4, 0.5) is 0 Å². The van der Waals surface area contributed by atoms with E-state index in [1.165, 1.54) is 0 Å². The fourth-order valence-corrected chi connectivity index (χ4v) is 2.81. The maximum absolute atomic E-state index is 11.2. The van der Waals surface area contributed by atoms with E-state index in [4.69, 9.17) is 11.6 Å². The first kappa shape index (κ1) is 14.5. The van der Waals surface area contributed by atoms with Crippen LogP contribution in [0.3, 0.4) is 0 Å². The number of aliphatic carboxylic acids is 1. The zero-order valence-electron chi connectivity index (χ0n) is 12.0. The van der Waals surface area contributed by atoms with Crippen LogP contribution in [-0.2, 0) is 11.2 Å². The number of hydrogen-bond donors (Lipinski definition) is 1. The van der Waals surface area contributed by atoms with Crippen molar-refractivity contribution in [1.29, 1.82) is 0 Å². The molecule has 3 aromatic rings. The molecule has 0 atom stereocenters. The van der Waals surface area contributed by atoms with Crippen molar-refractivity contribution in [3.05, 3.63) is 64.8 Å². The Kier molecular flexibility index (Phi) is 3.82. The van der Waals surface area contributed by atoms with Crippen LogP contribution in [0.15, 0.2) is 48.5 Å². The number of carboxylic acids is 1. The number of aryl methyl sites for hydroxylation is 1. The van der Waals surface area contributed by atoms with Crippen LogP contribution in [0.25, 0.3) is 22.0 Å². The Morgan fingerprint density at radius 3 is 2.50 bits per heavy atom. The molecule has 1 aromatic heterocycles. The second-order valence-electron chi connectivity index (χ2n) is 5.15. The smallest absolute Gasteiger partial charge is 0.307 e. The highest BCUT2D eigenvalue weighted by molar-refractivity contribution is 6.30. The minimum atomic E-state index is -0.865. The third kappa shape index (κ3) is 2.68. The molecule has 0 aliphatic rings. The van der Waals surface area contributed by atoms with Gasteiger partial charge in [-0.25, -0.2) is 0 Å². The highest BCUT2D eigenvalue weighted by Crippen LogP contribution is 2.33. The van der Waals surface area contributed by atoms with Crippen LogP contribution in [0, 0.1) is 6.92 Å². The predicted octanol–water partition coefficient (Wildman–Crippen LogP) is 4.49. The van der Waals surface area contributed by atoms with Gasteiger partial charge in [0.1, 0.15) is 0 Å². The maximum Gasteiger partial charge on any atom is 0.307 e. The van der Waals surface area contributed by atoms with Gasteiger partial charge in [-0.2, -0.15) is 0 Å². The summed E-state index contributed by atoms with van der Waals surface area (Å²) in [7, 11) is 0. The summed E-state index contributed by atoms with van der Waals surface area (Å²) in [5.74, 6) is -0.865. The van der Waals surface area contributed by atoms with Gasteiger partial charge in [0.2, 0.25) is 0 Å². The van der Waals surface area contributed by atoms with E-state index in [1.807, 2.05) is 55.5 Å². The lowest BCUT2D eigenvalue weighted by atomic mass is 9.93. The number of rotatable bonds is 3. The summed E-state index contributed by atoms with van der Waals surface area (Å²) in [5.41, 5.74) is 4.21. The molecule has 0 fully saturated rings. The summed E-state index contributed by atoms with van der Waals surface area (Å²) in [6.45, 7) is 1.85. The molecule has 1 heterocycles. The number of carbonyl (C=O) groups is 1. The lowest BCUT2D eigenvalue weighted by Gasteiger charge is -2.14. The molecule has 0 unspecified atom stereocenters. The Bertz CT molecular complexity index is 857. The topological polar surface area (TPSA) is 50.2 Å². The minimum absolute atomic E-state index is 0.0539. The van der Waals surface area contributed by atoms with E-state index in [1.54, 1.807) is 0 Å². The second-order valence-corrected chi connectivity index (χ2v) is 5.58. The Balaban J connectivity index is 2.36. The van der Waals surface area contributed by atoms with Crippen molar-refractivity contribution in [2.24, 2.45) is 0 Å². The van der Waals surface area contributed by atoms with Crippen LogP contribution < -0.4 is 0 Å². The van der Waals surface area contributed by atoms with E-state index < -0.39 is 5.97 Å². The Morgan fingerprint density at radius 1 is 1.14 bits per heavy atom. The molecule has 0 aliphatic heterocycles. The molecule has 1 N–H and O–H groups in total. The fourth-order valence-electron chi connectivity index (χ4n) is 2.69. The molecule has 3 rings (SSSR count). The predicted molar refractivity (Wildman–Crippen MR) is 88.3 cm³/mol. The molecule has 0 spiro atoms. The van der Waals surface area contributed by atoms with E-state index in [0.717, 1.165) is 33.3 Å². The molecule has 4 heteroatoms. The van der Waals surface area contributed by atoms with Crippen molar-refractivity contribution in [2.75, 3.05) is 0 Å². The summed E-state index contributed by atoms with van der Waals surface area (Å²) in [5, 5.41) is 10.8. The van der Waals surface area contributed by atoms with Crippen LogP contribution in [0.5, 0.6) is 0 Å². The molecule has 0 radical (unpaired) electrons. The van der Waals surface area contributed by atoms with Gasteiger partial charge in [0.15, 0.2) is 0 Å². The van der Waals surface area contributed by atoms with Crippen LogP contribution in [-0.4, -0.2) is 16.1 Å². The Labute approximate surface area is 133 Å². The van der Waals surface area contributed by atoms with Crippen molar-refractivity contribution >= 4 is 28.5 Å². The van der Waals surface area contributed by atoms with E-state index in [-0.39, 0.29) is 6.42 Å². The first-order chi connectivity index (χ1) is 10.6. The zero-order chi connectivity index (χ0) is 15.7. The largest absolute Gasteiger partial charge is 0.481 e. The molecule has 0 saturated carbocycles. The number of pyridine rings is 1. The molecule has 3 nitrogen and oxygen atoms in total. The van der Waals surface area contributed by atoms with E-state index in [0.29, 0.717) is 5.02 Å². The second kappa shape index (κ2) is 5.78. The number of benzene rings is 2. The van der Waals surface area contributed by atoms with Crippen LogP contribution in [0.2, 0.25) is 5.02 Å². The molecule has 110 valence electrons. The molecule has 0 amide bonds. The van der Waals surface area contributed by atoms with Crippen molar-refractivity contribution < 1.29 is 9.90 Å². The average molecular weight is 312 g/mol. The van der Waals surface area contributed by atoms with Gasteiger partial charge in [-0.1, -0.05) is 41.9 Å². The summed E-state index contributed by atoms with van der Waals surface area (Å²) < 4.78 is 0. The highest BCUT2D eigenvalue weighted by atomic mass is 35.5. The number of hydrogen-bond acceptors (Lipinski definition) is 2. The van der Waals surface area contributed by atoms with Crippen molar-refractivity contribution in [3.8, 4) is 11.1 Å².